The van der Waals surface area contributed by atoms with Crippen molar-refractivity contribution in [1.82, 2.24) is 19.6 Å². The lowest BCUT2D eigenvalue weighted by Gasteiger charge is -2.21. The molecular weight excluding hydrogens is 272 g/mol. The van der Waals surface area contributed by atoms with E-state index in [-0.39, 0.29) is 6.61 Å². The van der Waals surface area contributed by atoms with Gasteiger partial charge >= 0.3 is 0 Å². The Labute approximate surface area is 119 Å². The van der Waals surface area contributed by atoms with Gasteiger partial charge in [-0.25, -0.2) is 9.50 Å². The molecule has 1 saturated carbocycles. The molecule has 0 unspecified atom stereocenters. The van der Waals surface area contributed by atoms with Crippen LogP contribution in [0.3, 0.4) is 0 Å². The lowest BCUT2D eigenvalue weighted by Crippen LogP contribution is -2.09. The van der Waals surface area contributed by atoms with Crippen LogP contribution in [0.4, 0.5) is 0 Å². The third-order valence-electron chi connectivity index (χ3n) is 3.87. The maximum Gasteiger partial charge on any atom is 0.213 e. The Morgan fingerprint density at radius 2 is 2.10 bits per heavy atom. The summed E-state index contributed by atoms with van der Waals surface area (Å²) in [5.41, 5.74) is 2.52. The van der Waals surface area contributed by atoms with E-state index in [1.807, 2.05) is 12.1 Å². The van der Waals surface area contributed by atoms with Crippen LogP contribution in [-0.2, 0) is 6.61 Å². The molecule has 0 saturated heterocycles. The highest BCUT2D eigenvalue weighted by atomic mass is 32.1. The molecule has 3 heterocycles. The second kappa shape index (κ2) is 4.64. The third-order valence-corrected chi connectivity index (χ3v) is 4.94. The summed E-state index contributed by atoms with van der Waals surface area (Å²) in [5, 5.41) is 15.5. The zero-order chi connectivity index (χ0) is 13.5. The van der Waals surface area contributed by atoms with Crippen molar-refractivity contribution in [2.24, 2.45) is 0 Å². The molecule has 0 atom stereocenters. The second-order valence-corrected chi connectivity index (χ2v) is 6.05. The topological polar surface area (TPSA) is 63.3 Å². The first-order chi connectivity index (χ1) is 9.86. The van der Waals surface area contributed by atoms with E-state index in [1.54, 1.807) is 28.2 Å². The van der Waals surface area contributed by atoms with Crippen molar-refractivity contribution in [2.75, 3.05) is 0 Å². The number of rotatable bonds is 3. The molecule has 0 aromatic carbocycles. The van der Waals surface area contributed by atoms with Gasteiger partial charge in [-0.3, -0.25) is 4.98 Å². The van der Waals surface area contributed by atoms with Gasteiger partial charge in [0.15, 0.2) is 0 Å². The van der Waals surface area contributed by atoms with Gasteiger partial charge in [0.25, 0.3) is 0 Å². The van der Waals surface area contributed by atoms with E-state index >= 15 is 0 Å². The average molecular weight is 286 g/mol. The Balaban J connectivity index is 1.84. The van der Waals surface area contributed by atoms with Gasteiger partial charge in [0.2, 0.25) is 4.96 Å². The number of fused-ring (bicyclic) bond motifs is 1. The number of nitrogens with zero attached hydrogens (tertiary/aromatic N) is 4. The highest BCUT2D eigenvalue weighted by Crippen LogP contribution is 2.39. The maximum atomic E-state index is 9.67. The highest BCUT2D eigenvalue weighted by molar-refractivity contribution is 7.16. The summed E-state index contributed by atoms with van der Waals surface area (Å²) >= 11 is 1.64. The fraction of sp³-hybridized carbons (Fsp3) is 0.357. The van der Waals surface area contributed by atoms with Gasteiger partial charge in [0.05, 0.1) is 18.0 Å². The Morgan fingerprint density at radius 3 is 2.75 bits per heavy atom. The molecular formula is C14H14N4OS. The van der Waals surface area contributed by atoms with Crippen LogP contribution in [0.15, 0.2) is 24.5 Å². The van der Waals surface area contributed by atoms with Gasteiger partial charge in [-0.1, -0.05) is 17.8 Å². The molecule has 0 radical (unpaired) electrons. The van der Waals surface area contributed by atoms with Crippen LogP contribution in [0.25, 0.3) is 16.2 Å². The van der Waals surface area contributed by atoms with E-state index in [9.17, 15) is 5.11 Å². The Bertz CT molecular complexity index is 745. The average Bonchev–Trinajstić information content (AvgIpc) is 2.94. The first kappa shape index (κ1) is 12.0. The van der Waals surface area contributed by atoms with Crippen LogP contribution < -0.4 is 0 Å². The molecule has 0 aliphatic heterocycles. The van der Waals surface area contributed by atoms with Crippen LogP contribution in [0.1, 0.15) is 35.9 Å². The zero-order valence-electron chi connectivity index (χ0n) is 10.9. The summed E-state index contributed by atoms with van der Waals surface area (Å²) < 4.78 is 1.80. The SMILES string of the molecule is OCc1c(-c2ccncc2)nc2sc(C3CCC3)nn12. The predicted octanol–water partition coefficient (Wildman–Crippen LogP) is 2.61. The molecule has 1 aliphatic rings. The van der Waals surface area contributed by atoms with E-state index in [2.05, 4.69) is 15.1 Å². The van der Waals surface area contributed by atoms with E-state index in [4.69, 9.17) is 0 Å². The predicted molar refractivity (Wildman–Crippen MR) is 76.6 cm³/mol. The summed E-state index contributed by atoms with van der Waals surface area (Å²) in [6.07, 6.45) is 7.21. The molecule has 3 aromatic heterocycles. The van der Waals surface area contributed by atoms with Crippen molar-refractivity contribution in [3.63, 3.8) is 0 Å². The van der Waals surface area contributed by atoms with E-state index in [0.717, 1.165) is 26.9 Å². The number of hydrogen-bond donors (Lipinski definition) is 1. The molecule has 0 spiro atoms. The first-order valence-corrected chi connectivity index (χ1v) is 7.58. The lowest BCUT2D eigenvalue weighted by molar-refractivity contribution is 0.274. The molecule has 0 amide bonds. The van der Waals surface area contributed by atoms with Crippen LogP contribution in [0.2, 0.25) is 0 Å². The van der Waals surface area contributed by atoms with E-state index in [1.165, 1.54) is 19.3 Å². The minimum atomic E-state index is -0.0628. The Morgan fingerprint density at radius 1 is 1.30 bits per heavy atom. The van der Waals surface area contributed by atoms with Crippen molar-refractivity contribution in [1.29, 1.82) is 0 Å². The molecule has 6 heteroatoms. The molecule has 1 N–H and O–H groups in total. The summed E-state index contributed by atoms with van der Waals surface area (Å²) in [6.45, 7) is -0.0628. The molecule has 4 rings (SSSR count). The lowest BCUT2D eigenvalue weighted by atomic mass is 9.86. The van der Waals surface area contributed by atoms with E-state index < -0.39 is 0 Å². The highest BCUT2D eigenvalue weighted by Gasteiger charge is 2.25. The van der Waals surface area contributed by atoms with Crippen molar-refractivity contribution in [3.05, 3.63) is 35.2 Å². The standard InChI is InChI=1S/C14H14N4OS/c19-8-11-12(9-4-6-15-7-5-9)16-14-18(11)17-13(20-14)10-2-1-3-10/h4-7,10,19H,1-3,8H2. The van der Waals surface area contributed by atoms with Gasteiger partial charge < -0.3 is 5.11 Å². The second-order valence-electron chi connectivity index (χ2n) is 5.06. The van der Waals surface area contributed by atoms with Gasteiger partial charge in [0, 0.05) is 23.9 Å². The molecule has 3 aromatic rings. The van der Waals surface area contributed by atoms with Crippen molar-refractivity contribution in [3.8, 4) is 11.3 Å². The number of hydrogen-bond acceptors (Lipinski definition) is 5. The Hall–Kier alpha value is -1.79. The largest absolute Gasteiger partial charge is 0.390 e. The minimum absolute atomic E-state index is 0.0628. The van der Waals surface area contributed by atoms with Crippen molar-refractivity contribution >= 4 is 16.3 Å². The molecule has 1 fully saturated rings. The number of aliphatic hydroxyl groups excluding tert-OH is 1. The minimum Gasteiger partial charge on any atom is -0.390 e. The fourth-order valence-corrected chi connectivity index (χ4v) is 3.59. The molecule has 1 aliphatic carbocycles. The molecule has 20 heavy (non-hydrogen) atoms. The van der Waals surface area contributed by atoms with Crippen molar-refractivity contribution in [2.45, 2.75) is 31.8 Å². The van der Waals surface area contributed by atoms with E-state index in [0.29, 0.717) is 5.92 Å². The van der Waals surface area contributed by atoms with Crippen molar-refractivity contribution < 1.29 is 5.11 Å². The summed E-state index contributed by atoms with van der Waals surface area (Å²) in [6, 6.07) is 3.80. The van der Waals surface area contributed by atoms with Crippen LogP contribution >= 0.6 is 11.3 Å². The van der Waals surface area contributed by atoms with Crippen LogP contribution in [0, 0.1) is 0 Å². The normalized spacial score (nSPS) is 15.7. The summed E-state index contributed by atoms with van der Waals surface area (Å²) in [4.78, 5) is 9.52. The summed E-state index contributed by atoms with van der Waals surface area (Å²) in [5.74, 6) is 0.595. The van der Waals surface area contributed by atoms with Crippen LogP contribution in [-0.4, -0.2) is 24.7 Å². The molecule has 0 bridgehead atoms. The Kier molecular flexibility index (Phi) is 2.78. The third kappa shape index (κ3) is 1.76. The molecule has 5 nitrogen and oxygen atoms in total. The van der Waals surface area contributed by atoms with Crippen LogP contribution in [0.5, 0.6) is 0 Å². The smallest absolute Gasteiger partial charge is 0.213 e. The fourth-order valence-electron chi connectivity index (χ4n) is 2.51. The monoisotopic (exact) mass is 286 g/mol. The number of aromatic nitrogens is 4. The first-order valence-electron chi connectivity index (χ1n) is 6.76. The van der Waals surface area contributed by atoms with Gasteiger partial charge in [-0.15, -0.1) is 0 Å². The molecule has 102 valence electrons. The quantitative estimate of drug-likeness (QED) is 0.804. The zero-order valence-corrected chi connectivity index (χ0v) is 11.7. The van der Waals surface area contributed by atoms with Gasteiger partial charge in [-0.05, 0) is 25.0 Å². The number of pyridine rings is 1. The van der Waals surface area contributed by atoms with Gasteiger partial charge in [0.1, 0.15) is 5.01 Å². The number of imidazole rings is 1. The summed E-state index contributed by atoms with van der Waals surface area (Å²) in [7, 11) is 0. The maximum absolute atomic E-state index is 9.67. The number of aliphatic hydroxyl groups is 1. The van der Waals surface area contributed by atoms with Gasteiger partial charge in [-0.2, -0.15) is 5.10 Å².